The van der Waals surface area contributed by atoms with E-state index in [-0.39, 0.29) is 12.0 Å². The third kappa shape index (κ3) is 5.67. The molecule has 0 spiro atoms. The van der Waals surface area contributed by atoms with Crippen LogP contribution in [0.4, 0.5) is 11.6 Å². The van der Waals surface area contributed by atoms with Gasteiger partial charge in [0.2, 0.25) is 5.95 Å². The van der Waals surface area contributed by atoms with Crippen LogP contribution in [0.25, 0.3) is 89.2 Å². The van der Waals surface area contributed by atoms with Crippen LogP contribution in [0.5, 0.6) is 0 Å². The number of furan rings is 1. The molecule has 0 radical (unpaired) electrons. The van der Waals surface area contributed by atoms with Crippen molar-refractivity contribution in [3.63, 3.8) is 0 Å². The summed E-state index contributed by atoms with van der Waals surface area (Å²) in [7, 11) is 0. The molecule has 0 amide bonds. The molecule has 0 fully saturated rings. The van der Waals surface area contributed by atoms with Crippen molar-refractivity contribution in [3.8, 4) is 39.7 Å². The number of nitrogens with zero attached hydrogens (tertiary/aromatic N) is 6. The quantitative estimate of drug-likeness (QED) is 0.167. The zero-order valence-electron chi connectivity index (χ0n) is 33.9. The Labute approximate surface area is 362 Å². The molecule has 2 aliphatic rings. The summed E-state index contributed by atoms with van der Waals surface area (Å²) in [6, 6.07) is 65.2. The van der Waals surface area contributed by atoms with Gasteiger partial charge in [-0.25, -0.2) is 19.9 Å². The molecule has 7 aromatic carbocycles. The molecule has 4 aromatic heterocycles. The largest absolute Gasteiger partial charge is 0.452 e. The fourth-order valence-corrected chi connectivity index (χ4v) is 9.68. The zero-order chi connectivity index (χ0) is 41.4. The van der Waals surface area contributed by atoms with Crippen LogP contribution >= 0.6 is 0 Å². The van der Waals surface area contributed by atoms with Gasteiger partial charge in [-0.1, -0.05) is 152 Å². The minimum absolute atomic E-state index is 0.0832. The number of anilines is 2. The van der Waals surface area contributed by atoms with E-state index in [0.29, 0.717) is 23.0 Å². The smallest absolute Gasteiger partial charge is 0.232 e. The van der Waals surface area contributed by atoms with E-state index in [1.54, 1.807) is 0 Å². The number of benzene rings is 7. The lowest BCUT2D eigenvalue weighted by Gasteiger charge is -2.28. The van der Waals surface area contributed by atoms with Gasteiger partial charge in [-0.15, -0.1) is 0 Å². The highest BCUT2D eigenvalue weighted by Crippen LogP contribution is 2.49. The second kappa shape index (κ2) is 14.1. The van der Waals surface area contributed by atoms with E-state index in [0.717, 1.165) is 61.5 Å². The number of para-hydroxylation sites is 4. The molecule has 1 aliphatic carbocycles. The Balaban J connectivity index is 1.00. The van der Waals surface area contributed by atoms with Crippen molar-refractivity contribution in [1.29, 1.82) is 0 Å². The van der Waals surface area contributed by atoms with Gasteiger partial charge in [-0.2, -0.15) is 0 Å². The van der Waals surface area contributed by atoms with E-state index in [9.17, 15) is 0 Å². The molecule has 0 bridgehead atoms. The minimum Gasteiger partial charge on any atom is -0.452 e. The SMILES string of the molecule is C1=CC2c3ccccc3N(c3nc(-c4nc(-c5ccccc5)cc(-c5ccccc5)n4)c4oc5ccccc5c4n3)C2C=C1c1ccc2c(c1)c1ccccc1n2-c1ccccc1. The molecular weight excluding hydrogens is 773 g/mol. The van der Waals surface area contributed by atoms with Crippen molar-refractivity contribution >= 4 is 61.1 Å². The number of hydrogen-bond acceptors (Lipinski definition) is 6. The van der Waals surface area contributed by atoms with Gasteiger partial charge in [0.25, 0.3) is 0 Å². The Bertz CT molecular complexity index is 3590. The van der Waals surface area contributed by atoms with Gasteiger partial charge in [0.1, 0.15) is 11.1 Å². The van der Waals surface area contributed by atoms with Crippen LogP contribution in [-0.2, 0) is 0 Å². The van der Waals surface area contributed by atoms with Crippen LogP contribution in [0.2, 0.25) is 0 Å². The lowest BCUT2D eigenvalue weighted by atomic mass is 9.86. The van der Waals surface area contributed by atoms with Crippen molar-refractivity contribution in [1.82, 2.24) is 24.5 Å². The Morgan fingerprint density at radius 1 is 0.508 bits per heavy atom. The van der Waals surface area contributed by atoms with Gasteiger partial charge in [-0.05, 0) is 71.3 Å². The van der Waals surface area contributed by atoms with Crippen molar-refractivity contribution in [3.05, 3.63) is 217 Å². The summed E-state index contributed by atoms with van der Waals surface area (Å²) in [5.74, 6) is 1.11. The lowest BCUT2D eigenvalue weighted by Crippen LogP contribution is -2.30. The molecule has 2 unspecified atom stereocenters. The van der Waals surface area contributed by atoms with Gasteiger partial charge in [0.15, 0.2) is 17.1 Å². The average Bonchev–Trinajstić information content (AvgIpc) is 4.01. The van der Waals surface area contributed by atoms with Gasteiger partial charge in [-0.3, -0.25) is 0 Å². The van der Waals surface area contributed by atoms with E-state index >= 15 is 0 Å². The molecule has 2 atom stereocenters. The van der Waals surface area contributed by atoms with Crippen molar-refractivity contribution in [2.75, 3.05) is 4.90 Å². The highest BCUT2D eigenvalue weighted by atomic mass is 16.3. The molecule has 1 aliphatic heterocycles. The molecular formula is C56H36N6O. The van der Waals surface area contributed by atoms with E-state index in [1.807, 2.05) is 60.7 Å². The van der Waals surface area contributed by atoms with E-state index in [1.165, 1.54) is 27.4 Å². The second-order valence-electron chi connectivity index (χ2n) is 16.2. The Morgan fingerprint density at radius 2 is 1.16 bits per heavy atom. The van der Waals surface area contributed by atoms with E-state index < -0.39 is 0 Å². The highest BCUT2D eigenvalue weighted by Gasteiger charge is 2.40. The fourth-order valence-electron chi connectivity index (χ4n) is 9.68. The van der Waals surface area contributed by atoms with Crippen molar-refractivity contribution < 1.29 is 4.42 Å². The van der Waals surface area contributed by atoms with Gasteiger partial charge in [0, 0.05) is 44.6 Å². The first-order valence-corrected chi connectivity index (χ1v) is 21.3. The average molecular weight is 809 g/mol. The van der Waals surface area contributed by atoms with Gasteiger partial charge in [0.05, 0.1) is 28.5 Å². The molecule has 63 heavy (non-hydrogen) atoms. The number of aromatic nitrogens is 5. The molecule has 7 nitrogen and oxygen atoms in total. The maximum atomic E-state index is 6.65. The first kappa shape index (κ1) is 35.3. The number of allylic oxidation sites excluding steroid dienone is 2. The number of hydrogen-bond donors (Lipinski definition) is 0. The third-order valence-electron chi connectivity index (χ3n) is 12.6. The van der Waals surface area contributed by atoms with Gasteiger partial charge >= 0.3 is 0 Å². The molecule has 13 rings (SSSR count). The van der Waals surface area contributed by atoms with Crippen LogP contribution in [0.3, 0.4) is 0 Å². The molecule has 11 aromatic rings. The van der Waals surface area contributed by atoms with Crippen molar-refractivity contribution in [2.45, 2.75) is 12.0 Å². The first-order valence-electron chi connectivity index (χ1n) is 21.3. The summed E-state index contributed by atoms with van der Waals surface area (Å²) in [6.07, 6.45) is 7.02. The highest BCUT2D eigenvalue weighted by molar-refractivity contribution is 6.10. The number of fused-ring (bicyclic) bond motifs is 9. The third-order valence-corrected chi connectivity index (χ3v) is 12.6. The summed E-state index contributed by atoms with van der Waals surface area (Å²) in [5, 5.41) is 3.35. The maximum Gasteiger partial charge on any atom is 0.232 e. The van der Waals surface area contributed by atoms with Crippen LogP contribution < -0.4 is 4.90 Å². The normalized spacial score (nSPS) is 15.6. The van der Waals surface area contributed by atoms with Crippen LogP contribution in [-0.4, -0.2) is 30.5 Å². The van der Waals surface area contributed by atoms with Crippen molar-refractivity contribution in [2.24, 2.45) is 0 Å². The Morgan fingerprint density at radius 3 is 1.94 bits per heavy atom. The predicted molar refractivity (Wildman–Crippen MR) is 254 cm³/mol. The van der Waals surface area contributed by atoms with Gasteiger partial charge < -0.3 is 13.9 Å². The fraction of sp³-hybridized carbons (Fsp3) is 0.0357. The van der Waals surface area contributed by atoms with Crippen LogP contribution in [0, 0.1) is 0 Å². The Kier molecular flexibility index (Phi) is 7.90. The summed E-state index contributed by atoms with van der Waals surface area (Å²) in [6.45, 7) is 0. The maximum absolute atomic E-state index is 6.65. The van der Waals surface area contributed by atoms with E-state index in [4.69, 9.17) is 24.4 Å². The minimum atomic E-state index is -0.108. The summed E-state index contributed by atoms with van der Waals surface area (Å²) in [4.78, 5) is 23.6. The Hall–Kier alpha value is -8.42. The summed E-state index contributed by atoms with van der Waals surface area (Å²) in [5.41, 5.74) is 14.2. The standard InChI is InChI=1S/C56H36N6O/c1-4-16-35(17-5-1)45-34-46(36-18-6-2-7-19-36)58-55(57-45)53-54-52(43-24-12-15-27-51(43)63-54)59-56(60-53)62-48-26-14-10-22-40(48)42-30-28-38(33-50(42)62)37-29-31-49-44(32-37)41-23-11-13-25-47(41)61(49)39-20-8-3-9-21-39/h1-34,42,50H. The van der Waals surface area contributed by atoms with Crippen LogP contribution in [0.1, 0.15) is 17.0 Å². The predicted octanol–water partition coefficient (Wildman–Crippen LogP) is 13.5. The molecule has 5 heterocycles. The molecule has 0 N–H and O–H groups in total. The first-order chi connectivity index (χ1) is 31.2. The topological polar surface area (TPSA) is 72.9 Å². The second-order valence-corrected chi connectivity index (χ2v) is 16.2. The molecule has 7 heteroatoms. The zero-order valence-corrected chi connectivity index (χ0v) is 33.9. The number of rotatable bonds is 6. The molecule has 0 saturated heterocycles. The summed E-state index contributed by atoms with van der Waals surface area (Å²) >= 11 is 0. The molecule has 0 saturated carbocycles. The van der Waals surface area contributed by atoms with Crippen LogP contribution in [0.15, 0.2) is 211 Å². The molecule has 296 valence electrons. The summed E-state index contributed by atoms with van der Waals surface area (Å²) < 4.78 is 9.00. The monoisotopic (exact) mass is 808 g/mol. The lowest BCUT2D eigenvalue weighted by molar-refractivity contribution is 0.665. The van der Waals surface area contributed by atoms with E-state index in [2.05, 4.69) is 155 Å².